The smallest absolute Gasteiger partial charge is 0.304 e. The van der Waals surface area contributed by atoms with Crippen molar-refractivity contribution in [3.63, 3.8) is 0 Å². The molecule has 2 aliphatic rings. The largest absolute Gasteiger partial charge is 0.315 e. The van der Waals surface area contributed by atoms with E-state index in [2.05, 4.69) is 21.7 Å². The van der Waals surface area contributed by atoms with Gasteiger partial charge >= 0.3 is 4.87 Å². The minimum Gasteiger partial charge on any atom is -0.315 e. The number of hydrogen-bond donors (Lipinski definition) is 1. The Labute approximate surface area is 118 Å². The predicted molar refractivity (Wildman–Crippen MR) is 78.6 cm³/mol. The minimum absolute atomic E-state index is 0.0688. The molecule has 0 radical (unpaired) electrons. The van der Waals surface area contributed by atoms with Gasteiger partial charge in [-0.2, -0.15) is 0 Å². The Balaban J connectivity index is 1.70. The normalized spacial score (nSPS) is 29.3. The lowest BCUT2D eigenvalue weighted by atomic mass is 9.96. The molecule has 3 heterocycles. The van der Waals surface area contributed by atoms with Gasteiger partial charge in [0.1, 0.15) is 0 Å². The number of piperidine rings is 1. The summed E-state index contributed by atoms with van der Waals surface area (Å²) in [6.45, 7) is 6.83. The summed E-state index contributed by atoms with van der Waals surface area (Å²) < 4.78 is 0. The van der Waals surface area contributed by atoms with Crippen LogP contribution in [0.25, 0.3) is 0 Å². The van der Waals surface area contributed by atoms with E-state index in [1.807, 2.05) is 5.38 Å². The molecule has 5 heteroatoms. The summed E-state index contributed by atoms with van der Waals surface area (Å²) in [7, 11) is 0. The molecule has 0 spiro atoms. The number of thiazole rings is 1. The molecular formula is C14H23N3OS. The first-order valence-corrected chi connectivity index (χ1v) is 8.29. The highest BCUT2D eigenvalue weighted by atomic mass is 32.1. The molecule has 2 unspecified atom stereocenters. The zero-order valence-corrected chi connectivity index (χ0v) is 12.4. The number of piperazine rings is 1. The van der Waals surface area contributed by atoms with Crippen molar-refractivity contribution < 1.29 is 0 Å². The molecule has 3 rings (SSSR count). The fourth-order valence-corrected chi connectivity index (χ4v) is 4.08. The van der Waals surface area contributed by atoms with Crippen molar-refractivity contribution in [1.82, 2.24) is 14.8 Å². The summed E-state index contributed by atoms with van der Waals surface area (Å²) in [5.41, 5.74) is 1.08. The van der Waals surface area contributed by atoms with Crippen molar-refractivity contribution in [2.24, 2.45) is 0 Å². The number of rotatable bonds is 3. The average molecular weight is 281 g/mol. The number of nitrogens with zero attached hydrogens (tertiary/aromatic N) is 2. The summed E-state index contributed by atoms with van der Waals surface area (Å²) >= 11 is 1.28. The highest BCUT2D eigenvalue weighted by molar-refractivity contribution is 7.07. The molecule has 19 heavy (non-hydrogen) atoms. The molecule has 1 N–H and O–H groups in total. The van der Waals surface area contributed by atoms with Gasteiger partial charge in [-0.1, -0.05) is 24.7 Å². The summed E-state index contributed by atoms with van der Waals surface area (Å²) in [5.74, 6) is 0. The second-order valence-electron chi connectivity index (χ2n) is 5.81. The standard InChI is InChI=1S/C14H23N3OS/c1-2-12-8-16-6-4-3-5-13(16)9-17(12)7-11-10-19-14(18)15-11/h10,12-13H,2-9H2,1H3,(H,15,18). The van der Waals surface area contributed by atoms with Gasteiger partial charge in [0.2, 0.25) is 0 Å². The minimum atomic E-state index is 0.0688. The van der Waals surface area contributed by atoms with Crippen LogP contribution < -0.4 is 4.87 Å². The number of nitrogens with one attached hydrogen (secondary N) is 1. The van der Waals surface area contributed by atoms with Crippen molar-refractivity contribution >= 4 is 11.3 Å². The van der Waals surface area contributed by atoms with Gasteiger partial charge in [-0.25, -0.2) is 0 Å². The molecular weight excluding hydrogens is 258 g/mol. The lowest BCUT2D eigenvalue weighted by molar-refractivity contribution is 0.00275. The fraction of sp³-hybridized carbons (Fsp3) is 0.786. The number of aromatic amines is 1. The Hall–Kier alpha value is -0.650. The van der Waals surface area contributed by atoms with Crippen LogP contribution in [-0.2, 0) is 6.54 Å². The molecule has 0 bridgehead atoms. The molecule has 0 aliphatic carbocycles. The van der Waals surface area contributed by atoms with Gasteiger partial charge in [-0.3, -0.25) is 14.6 Å². The van der Waals surface area contributed by atoms with Crippen LogP contribution >= 0.6 is 11.3 Å². The maximum atomic E-state index is 11.2. The van der Waals surface area contributed by atoms with E-state index in [4.69, 9.17) is 0 Å². The number of hydrogen-bond acceptors (Lipinski definition) is 4. The van der Waals surface area contributed by atoms with Gasteiger partial charge in [0.25, 0.3) is 0 Å². The van der Waals surface area contributed by atoms with Gasteiger partial charge in [-0.05, 0) is 25.8 Å². The number of aromatic nitrogens is 1. The van der Waals surface area contributed by atoms with Crippen LogP contribution in [0.5, 0.6) is 0 Å². The van der Waals surface area contributed by atoms with E-state index < -0.39 is 0 Å². The molecule has 4 nitrogen and oxygen atoms in total. The van der Waals surface area contributed by atoms with Crippen LogP contribution in [0.4, 0.5) is 0 Å². The van der Waals surface area contributed by atoms with Crippen LogP contribution in [-0.4, -0.2) is 46.5 Å². The topological polar surface area (TPSA) is 39.3 Å². The van der Waals surface area contributed by atoms with Crippen LogP contribution in [0, 0.1) is 0 Å². The first-order valence-electron chi connectivity index (χ1n) is 7.41. The van der Waals surface area contributed by atoms with Crippen molar-refractivity contribution in [3.05, 3.63) is 20.7 Å². The van der Waals surface area contributed by atoms with Gasteiger partial charge in [0.05, 0.1) is 0 Å². The summed E-state index contributed by atoms with van der Waals surface area (Å²) in [4.78, 5) is 19.5. The Bertz CT molecular complexity index is 469. The fourth-order valence-electron chi connectivity index (χ4n) is 3.50. The Morgan fingerprint density at radius 3 is 3.05 bits per heavy atom. The molecule has 0 amide bonds. The molecule has 1 aromatic heterocycles. The van der Waals surface area contributed by atoms with Gasteiger partial charge in [0.15, 0.2) is 0 Å². The number of H-pyrrole nitrogens is 1. The van der Waals surface area contributed by atoms with Crippen molar-refractivity contribution in [3.8, 4) is 0 Å². The van der Waals surface area contributed by atoms with E-state index in [-0.39, 0.29) is 4.87 Å². The Morgan fingerprint density at radius 1 is 1.42 bits per heavy atom. The maximum Gasteiger partial charge on any atom is 0.304 e. The third kappa shape index (κ3) is 2.93. The number of fused-ring (bicyclic) bond motifs is 1. The predicted octanol–water partition coefficient (Wildman–Crippen LogP) is 1.89. The summed E-state index contributed by atoms with van der Waals surface area (Å²) in [6.07, 6.45) is 5.27. The first-order chi connectivity index (χ1) is 9.26. The lowest BCUT2D eigenvalue weighted by Crippen LogP contribution is -2.59. The molecule has 0 saturated carbocycles. The Kier molecular flexibility index (Phi) is 4.05. The molecule has 1 aromatic rings. The van der Waals surface area contributed by atoms with E-state index in [1.54, 1.807) is 0 Å². The van der Waals surface area contributed by atoms with Crippen LogP contribution in [0.2, 0.25) is 0 Å². The van der Waals surface area contributed by atoms with E-state index in [0.717, 1.165) is 24.8 Å². The molecule has 2 fully saturated rings. The van der Waals surface area contributed by atoms with Gasteiger partial charge in [0, 0.05) is 42.8 Å². The highest BCUT2D eigenvalue weighted by Gasteiger charge is 2.34. The van der Waals surface area contributed by atoms with E-state index in [9.17, 15) is 4.79 Å². The monoisotopic (exact) mass is 281 g/mol. The third-order valence-electron chi connectivity index (χ3n) is 4.57. The average Bonchev–Trinajstić information content (AvgIpc) is 2.83. The van der Waals surface area contributed by atoms with Crippen LogP contribution in [0.15, 0.2) is 10.2 Å². The molecule has 2 atom stereocenters. The van der Waals surface area contributed by atoms with Crippen molar-refractivity contribution in [2.75, 3.05) is 19.6 Å². The van der Waals surface area contributed by atoms with Crippen molar-refractivity contribution in [2.45, 2.75) is 51.2 Å². The zero-order chi connectivity index (χ0) is 13.2. The molecule has 2 aliphatic heterocycles. The third-order valence-corrected chi connectivity index (χ3v) is 5.29. The van der Waals surface area contributed by atoms with Crippen LogP contribution in [0.3, 0.4) is 0 Å². The van der Waals surface area contributed by atoms with Crippen LogP contribution in [0.1, 0.15) is 38.3 Å². The van der Waals surface area contributed by atoms with E-state index in [1.165, 1.54) is 50.1 Å². The van der Waals surface area contributed by atoms with Gasteiger partial charge < -0.3 is 4.98 Å². The summed E-state index contributed by atoms with van der Waals surface area (Å²) in [6, 6.07) is 1.37. The first kappa shape index (κ1) is 13.3. The lowest BCUT2D eigenvalue weighted by Gasteiger charge is -2.48. The highest BCUT2D eigenvalue weighted by Crippen LogP contribution is 2.26. The SMILES string of the molecule is CCC1CN2CCCCC2CN1Cc1csc(=O)[nH]1. The quantitative estimate of drug-likeness (QED) is 0.919. The second kappa shape index (κ2) is 5.77. The summed E-state index contributed by atoms with van der Waals surface area (Å²) in [5, 5.41) is 1.97. The Morgan fingerprint density at radius 2 is 2.32 bits per heavy atom. The van der Waals surface area contributed by atoms with E-state index in [0.29, 0.717) is 6.04 Å². The van der Waals surface area contributed by atoms with E-state index >= 15 is 0 Å². The van der Waals surface area contributed by atoms with Gasteiger partial charge in [-0.15, -0.1) is 0 Å². The maximum absolute atomic E-state index is 11.2. The van der Waals surface area contributed by atoms with Crippen molar-refractivity contribution in [1.29, 1.82) is 0 Å². The molecule has 0 aromatic carbocycles. The zero-order valence-electron chi connectivity index (χ0n) is 11.6. The molecule has 106 valence electrons. The molecule has 2 saturated heterocycles. The second-order valence-corrected chi connectivity index (χ2v) is 6.65.